The normalized spacial score (nSPS) is 15.1. The number of ether oxygens (including phenoxy) is 1. The van der Waals surface area contributed by atoms with Crippen molar-refractivity contribution < 1.29 is 23.1 Å². The second-order valence-corrected chi connectivity index (χ2v) is 14.2. The predicted octanol–water partition coefficient (Wildman–Crippen LogP) is 6.19. The van der Waals surface area contributed by atoms with Crippen LogP contribution in [0.15, 0.2) is 72.9 Å². The Hall–Kier alpha value is -4.15. The molecule has 5 aromatic rings. The molecule has 1 aliphatic rings. The van der Waals surface area contributed by atoms with Crippen LogP contribution in [0.3, 0.4) is 0 Å². The van der Waals surface area contributed by atoms with Crippen LogP contribution in [0.2, 0.25) is 0 Å². The number of carbonyl (C=O) groups excluding carboxylic acids is 2. The van der Waals surface area contributed by atoms with E-state index in [1.54, 1.807) is 30.1 Å². The van der Waals surface area contributed by atoms with E-state index in [0.717, 1.165) is 52.8 Å². The third-order valence-electron chi connectivity index (χ3n) is 8.42. The van der Waals surface area contributed by atoms with E-state index in [2.05, 4.69) is 48.1 Å². The lowest BCUT2D eigenvalue weighted by atomic mass is 9.99. The van der Waals surface area contributed by atoms with Gasteiger partial charge in [0.1, 0.15) is 17.4 Å². The molecule has 1 amide bonds. The number of fused-ring (bicyclic) bond motifs is 1. The second-order valence-electron chi connectivity index (χ2n) is 12.0. The molecule has 0 aliphatic carbocycles. The van der Waals surface area contributed by atoms with Gasteiger partial charge in [0.2, 0.25) is 5.95 Å². The minimum atomic E-state index is -0.913. The minimum Gasteiger partial charge on any atom is -0.467 e. The Morgan fingerprint density at radius 2 is 1.92 bits per heavy atom. The predicted molar refractivity (Wildman–Crippen MR) is 199 cm³/mol. The minimum absolute atomic E-state index is 0.209. The number of methoxy groups -OCH3 is 1. The molecule has 10 nitrogen and oxygen atoms in total. The van der Waals surface area contributed by atoms with E-state index in [0.29, 0.717) is 58.0 Å². The highest BCUT2D eigenvalue weighted by Crippen LogP contribution is 2.31. The molecule has 14 heteroatoms. The van der Waals surface area contributed by atoms with Crippen molar-refractivity contribution in [2.45, 2.75) is 37.7 Å². The van der Waals surface area contributed by atoms with Gasteiger partial charge in [-0.1, -0.05) is 36.4 Å². The number of imidazole rings is 1. The Morgan fingerprint density at radius 1 is 1.08 bits per heavy atom. The molecule has 1 saturated heterocycles. The van der Waals surface area contributed by atoms with Crippen LogP contribution in [0.4, 0.5) is 14.7 Å². The van der Waals surface area contributed by atoms with Crippen molar-refractivity contribution in [3.8, 4) is 11.4 Å². The van der Waals surface area contributed by atoms with Gasteiger partial charge < -0.3 is 25.3 Å². The first-order chi connectivity index (χ1) is 24.3. The van der Waals surface area contributed by atoms with Crippen LogP contribution < -0.4 is 16.0 Å². The Balaban J connectivity index is 1.23. The van der Waals surface area contributed by atoms with Gasteiger partial charge >= 0.3 is 5.97 Å². The van der Waals surface area contributed by atoms with Crippen LogP contribution in [-0.2, 0) is 28.4 Å². The third-order valence-corrected chi connectivity index (χ3v) is 10.4. The zero-order valence-corrected chi connectivity index (χ0v) is 30.3. The number of thioether (sulfide) groups is 1. The summed E-state index contributed by atoms with van der Waals surface area (Å²) in [6.07, 6.45) is 3.77. The molecule has 0 bridgehead atoms. The maximum Gasteiger partial charge on any atom is 0.329 e. The highest BCUT2D eigenvalue weighted by Gasteiger charge is 2.25. The zero-order valence-electron chi connectivity index (χ0n) is 27.3. The van der Waals surface area contributed by atoms with Gasteiger partial charge in [-0.05, 0) is 95.9 Å². The number of benzene rings is 3. The van der Waals surface area contributed by atoms with E-state index >= 15 is 0 Å². The van der Waals surface area contributed by atoms with Gasteiger partial charge in [-0.3, -0.25) is 4.79 Å². The summed E-state index contributed by atoms with van der Waals surface area (Å²) in [5.74, 6) is -0.256. The quantitative estimate of drug-likeness (QED) is 0.0944. The summed E-state index contributed by atoms with van der Waals surface area (Å²) >= 11 is 3.75. The number of amides is 1. The van der Waals surface area contributed by atoms with Crippen LogP contribution >= 0.6 is 34.4 Å². The number of hydrogen-bond acceptors (Lipinski definition) is 9. The van der Waals surface area contributed by atoms with Crippen molar-refractivity contribution in [2.75, 3.05) is 31.3 Å². The van der Waals surface area contributed by atoms with Gasteiger partial charge in [-0.15, -0.1) is 0 Å². The molecule has 0 unspecified atom stereocenters. The van der Waals surface area contributed by atoms with Gasteiger partial charge in [-0.2, -0.15) is 16.7 Å². The number of piperidine rings is 1. The van der Waals surface area contributed by atoms with Crippen LogP contribution in [-0.4, -0.2) is 63.4 Å². The molecular weight excluding hydrogens is 775 g/mol. The van der Waals surface area contributed by atoms with Crippen molar-refractivity contribution >= 4 is 63.3 Å². The number of esters is 1. The van der Waals surface area contributed by atoms with Crippen LogP contribution in [0.25, 0.3) is 22.6 Å². The zero-order chi connectivity index (χ0) is 35.0. The number of nitrogens with one attached hydrogen (secondary N) is 3. The smallest absolute Gasteiger partial charge is 0.329 e. The lowest BCUT2D eigenvalue weighted by Gasteiger charge is -2.24. The molecule has 6 rings (SSSR count). The molecule has 0 saturated carbocycles. The Morgan fingerprint density at radius 3 is 2.66 bits per heavy atom. The fraction of sp³-hybridized carbons (Fsp3) is 0.306. The summed E-state index contributed by atoms with van der Waals surface area (Å²) in [5, 5.41) is 9.44. The van der Waals surface area contributed by atoms with E-state index in [4.69, 9.17) is 14.7 Å². The molecule has 0 radical (unpaired) electrons. The van der Waals surface area contributed by atoms with Gasteiger partial charge in [0.25, 0.3) is 5.91 Å². The standard InChI is InChI=1S/C36H36F2IN7O3S/c1-49-35(48)31(21-50-20-22-6-3-2-4-7-22)44-34(47)25-10-11-26(29(39)15-25)32-43-30-18-42-36(41-17-23-9-12-27(37)28(38)14-23)45-33(30)46(32)19-24-8-5-13-40-16-24/h2-4,6-7,9-12,14-15,18,24,31,40H,5,8,13,16-17,19-21H2,1H3,(H,44,47)(H,41,42,45)/t24-,31+/m1/s1. The summed E-state index contributed by atoms with van der Waals surface area (Å²) in [6, 6.07) is 18.2. The Labute approximate surface area is 306 Å². The fourth-order valence-electron chi connectivity index (χ4n) is 5.81. The molecule has 260 valence electrons. The summed E-state index contributed by atoms with van der Waals surface area (Å²) in [7, 11) is 1.31. The van der Waals surface area contributed by atoms with Crippen molar-refractivity contribution in [3.63, 3.8) is 0 Å². The Bertz CT molecular complexity index is 1970. The Kier molecular flexibility index (Phi) is 11.9. The summed E-state index contributed by atoms with van der Waals surface area (Å²) in [6.45, 7) is 2.73. The largest absolute Gasteiger partial charge is 0.467 e. The van der Waals surface area contributed by atoms with E-state index in [1.165, 1.54) is 13.2 Å². The van der Waals surface area contributed by atoms with Crippen LogP contribution in [0, 0.1) is 21.1 Å². The molecule has 3 N–H and O–H groups in total. The molecular formula is C36H36F2IN7O3S. The average molecular weight is 812 g/mol. The summed E-state index contributed by atoms with van der Waals surface area (Å²) in [4.78, 5) is 40.1. The number of anilines is 1. The first kappa shape index (κ1) is 35.7. The van der Waals surface area contributed by atoms with E-state index in [1.807, 2.05) is 36.4 Å². The van der Waals surface area contributed by atoms with Gasteiger partial charge in [0, 0.05) is 39.3 Å². The van der Waals surface area contributed by atoms with Crippen molar-refractivity contribution in [1.82, 2.24) is 30.2 Å². The van der Waals surface area contributed by atoms with Gasteiger partial charge in [0.15, 0.2) is 17.3 Å². The summed E-state index contributed by atoms with van der Waals surface area (Å²) in [5.41, 5.74) is 4.15. The topological polar surface area (TPSA) is 123 Å². The monoisotopic (exact) mass is 811 g/mol. The lowest BCUT2D eigenvalue weighted by molar-refractivity contribution is -0.142. The van der Waals surface area contributed by atoms with Crippen molar-refractivity contribution in [1.29, 1.82) is 0 Å². The maximum absolute atomic E-state index is 13.8. The average Bonchev–Trinajstić information content (AvgIpc) is 3.48. The van der Waals surface area contributed by atoms with Crippen molar-refractivity contribution in [3.05, 3.63) is 105 Å². The van der Waals surface area contributed by atoms with E-state index in [-0.39, 0.29) is 12.5 Å². The lowest BCUT2D eigenvalue weighted by Crippen LogP contribution is -2.43. The molecule has 2 aromatic heterocycles. The number of nitrogens with zero attached hydrogens (tertiary/aromatic N) is 4. The van der Waals surface area contributed by atoms with Crippen molar-refractivity contribution in [2.24, 2.45) is 5.92 Å². The SMILES string of the molecule is COC(=O)[C@H](CSCc1ccccc1)NC(=O)c1ccc(-c2nc3cnc(NCc4ccc(F)c(F)c4)nc3n2C[C@@H]2CCCNC2)c(I)c1. The van der Waals surface area contributed by atoms with Gasteiger partial charge in [-0.25, -0.2) is 23.5 Å². The van der Waals surface area contributed by atoms with Crippen LogP contribution in [0.5, 0.6) is 0 Å². The second kappa shape index (κ2) is 16.7. The molecule has 3 aromatic carbocycles. The highest BCUT2D eigenvalue weighted by molar-refractivity contribution is 14.1. The molecule has 1 aliphatic heterocycles. The molecule has 0 spiro atoms. The van der Waals surface area contributed by atoms with Gasteiger partial charge in [0.05, 0.1) is 13.3 Å². The number of carbonyl (C=O) groups is 2. The highest BCUT2D eigenvalue weighted by atomic mass is 127. The van der Waals surface area contributed by atoms with Crippen LogP contribution in [0.1, 0.15) is 34.3 Å². The summed E-state index contributed by atoms with van der Waals surface area (Å²) < 4.78 is 35.0. The number of aromatic nitrogens is 4. The first-order valence-corrected chi connectivity index (χ1v) is 18.4. The first-order valence-electron chi connectivity index (χ1n) is 16.2. The maximum atomic E-state index is 13.8. The molecule has 2 atom stereocenters. The number of rotatable bonds is 13. The molecule has 3 heterocycles. The number of halogens is 3. The van der Waals surface area contributed by atoms with E-state index < -0.39 is 23.6 Å². The third kappa shape index (κ3) is 8.76. The number of hydrogen-bond donors (Lipinski definition) is 3. The van der Waals surface area contributed by atoms with E-state index in [9.17, 15) is 18.4 Å². The molecule has 1 fully saturated rings. The molecule has 50 heavy (non-hydrogen) atoms. The fourth-order valence-corrected chi connectivity index (χ4v) is 7.57.